The van der Waals surface area contributed by atoms with Crippen molar-refractivity contribution >= 4 is 23.6 Å². The number of pyridine rings is 2. The van der Waals surface area contributed by atoms with Crippen LogP contribution in [0.1, 0.15) is 247 Å². The maximum Gasteiger partial charge on any atom is 0.272 e. The fraction of sp³-hybridized carbons (Fsp3) is 0.513. The van der Waals surface area contributed by atoms with E-state index in [4.69, 9.17) is 18.9 Å². The first-order chi connectivity index (χ1) is 44.2. The SMILES string of the molecule is CCN(CC)C(=O)c1cc(OCCOc2c3cc(C(C)(C)C)cc2Cc2cc(C(C)(C)C)cc(c2O)Cc2cc(C(C)(C)C)cc(c2OCCOc2cc(C(=O)N(CC)CC)nc(C(=O)N(CC)CC)c2)Cc2cc(C(C)(C)C)cc(c2O)C3)cc(C(=O)N(CC)CC)n1. The minimum atomic E-state index is -0.343. The number of amides is 4. The van der Waals surface area contributed by atoms with Crippen LogP contribution in [0.25, 0.3) is 0 Å². The van der Waals surface area contributed by atoms with E-state index in [2.05, 4.69) is 142 Å². The van der Waals surface area contributed by atoms with Gasteiger partial charge in [-0.15, -0.1) is 0 Å². The molecule has 2 heterocycles. The zero-order valence-corrected chi connectivity index (χ0v) is 60.1. The molecule has 508 valence electrons. The maximum atomic E-state index is 13.8. The van der Waals surface area contributed by atoms with Crippen molar-refractivity contribution in [3.05, 3.63) is 162 Å². The van der Waals surface area contributed by atoms with Crippen LogP contribution in [0.3, 0.4) is 0 Å². The fourth-order valence-electron chi connectivity index (χ4n) is 11.9. The minimum Gasteiger partial charge on any atom is -0.507 e. The number of hydrogen-bond acceptors (Lipinski definition) is 12. The van der Waals surface area contributed by atoms with Crippen LogP contribution in [-0.2, 0) is 47.3 Å². The predicted molar refractivity (Wildman–Crippen MR) is 375 cm³/mol. The summed E-state index contributed by atoms with van der Waals surface area (Å²) in [6, 6.07) is 23.5. The molecule has 2 N–H and O–H groups in total. The van der Waals surface area contributed by atoms with Crippen molar-refractivity contribution in [2.24, 2.45) is 0 Å². The largest absolute Gasteiger partial charge is 0.507 e. The molecule has 0 unspecified atom stereocenters. The van der Waals surface area contributed by atoms with Gasteiger partial charge in [-0.25, -0.2) is 9.97 Å². The molecular formula is C78H106N6O10. The van der Waals surface area contributed by atoms with E-state index in [9.17, 15) is 29.4 Å². The third-order valence-corrected chi connectivity index (χ3v) is 17.9. The number of phenols is 2. The average Bonchev–Trinajstić information content (AvgIpc) is 0.776. The Bertz CT molecular complexity index is 3280. The summed E-state index contributed by atoms with van der Waals surface area (Å²) in [4.78, 5) is 71.1. The van der Waals surface area contributed by atoms with Crippen molar-refractivity contribution in [2.75, 3.05) is 78.8 Å². The van der Waals surface area contributed by atoms with Crippen LogP contribution in [0.15, 0.2) is 72.8 Å². The van der Waals surface area contributed by atoms with E-state index in [1.807, 2.05) is 55.4 Å². The third-order valence-electron chi connectivity index (χ3n) is 17.9. The first-order valence-corrected chi connectivity index (χ1v) is 34.0. The van der Waals surface area contributed by atoms with Crippen molar-refractivity contribution in [2.45, 2.75) is 186 Å². The molecule has 4 aromatic carbocycles. The highest BCUT2D eigenvalue weighted by molar-refractivity contribution is 5.98. The van der Waals surface area contributed by atoms with E-state index in [1.54, 1.807) is 43.9 Å². The zero-order valence-electron chi connectivity index (χ0n) is 60.1. The molecule has 1 aliphatic rings. The van der Waals surface area contributed by atoms with Gasteiger partial charge < -0.3 is 48.8 Å². The summed E-state index contributed by atoms with van der Waals surface area (Å²) in [5.74, 6) is 0.916. The normalized spacial score (nSPS) is 12.6. The quantitative estimate of drug-likeness (QED) is 0.0613. The Morgan fingerprint density at radius 3 is 0.713 bits per heavy atom. The van der Waals surface area contributed by atoms with Gasteiger partial charge in [0.05, 0.1) is 0 Å². The van der Waals surface area contributed by atoms with Gasteiger partial charge in [-0.1, -0.05) is 132 Å². The first kappa shape index (κ1) is 73.3. The number of hydrogen-bond donors (Lipinski definition) is 2. The topological polar surface area (TPSA) is 184 Å². The molecule has 0 saturated heterocycles. The lowest BCUT2D eigenvalue weighted by Crippen LogP contribution is -2.33. The summed E-state index contributed by atoms with van der Waals surface area (Å²) >= 11 is 0. The van der Waals surface area contributed by atoms with Gasteiger partial charge in [0.1, 0.15) is 83.7 Å². The fourth-order valence-corrected chi connectivity index (χ4v) is 11.9. The van der Waals surface area contributed by atoms with Crippen LogP contribution in [-0.4, -0.2) is 142 Å². The van der Waals surface area contributed by atoms with Gasteiger partial charge in [-0.2, -0.15) is 0 Å². The summed E-state index contributed by atoms with van der Waals surface area (Å²) in [5, 5.41) is 26.0. The van der Waals surface area contributed by atoms with Crippen LogP contribution < -0.4 is 18.9 Å². The summed E-state index contributed by atoms with van der Waals surface area (Å²) in [5.41, 5.74) is 9.44. The van der Waals surface area contributed by atoms with E-state index in [0.717, 1.165) is 44.5 Å². The van der Waals surface area contributed by atoms with Gasteiger partial charge in [0.15, 0.2) is 0 Å². The Labute approximate surface area is 560 Å². The summed E-state index contributed by atoms with van der Waals surface area (Å²) in [6.45, 7) is 45.3. The standard InChI is InChI=1S/C78H106N6O10/c1-21-81(22-2)71(87)63-45-61(46-64(79-63)72(88)82(23-3)24-4)91-29-31-93-69-53-33-49-37-57(75(9,10)11)39-51(67(49)85)35-55-43-60(78(18,19)20)44-56(36-52-40-58(76(12,13)14)38-50(68(52)86)34-54(69)42-59(41-53)77(15,16)17)70(55)94-32-30-92-62-47-65(73(89)83(25-5)26-6)80-66(48-62)74(90)84(27-7)28-8/h37-48,85-86H,21-36H2,1-20H3. The number of fused-ring (bicyclic) bond motifs is 8. The van der Waals surface area contributed by atoms with Gasteiger partial charge >= 0.3 is 0 Å². The first-order valence-electron chi connectivity index (χ1n) is 34.0. The summed E-state index contributed by atoms with van der Waals surface area (Å²) < 4.78 is 27.0. The van der Waals surface area contributed by atoms with Gasteiger partial charge in [0.25, 0.3) is 23.6 Å². The lowest BCUT2D eigenvalue weighted by molar-refractivity contribution is 0.0743. The predicted octanol–water partition coefficient (Wildman–Crippen LogP) is 14.6. The maximum absolute atomic E-state index is 13.8. The van der Waals surface area contributed by atoms with E-state index < -0.39 is 0 Å². The second-order valence-corrected chi connectivity index (χ2v) is 28.7. The van der Waals surface area contributed by atoms with Gasteiger partial charge in [0, 0.05) is 102 Å². The molecule has 6 aromatic rings. The Hall–Kier alpha value is -8.14. The molecule has 0 atom stereocenters. The molecule has 16 nitrogen and oxygen atoms in total. The van der Waals surface area contributed by atoms with E-state index in [0.29, 0.717) is 97.6 Å². The van der Waals surface area contributed by atoms with Crippen LogP contribution in [0.4, 0.5) is 0 Å². The number of carbonyl (C=O) groups is 4. The number of carbonyl (C=O) groups excluding carboxylic acids is 4. The highest BCUT2D eigenvalue weighted by Gasteiger charge is 2.31. The van der Waals surface area contributed by atoms with Crippen molar-refractivity contribution in [3.8, 4) is 34.5 Å². The van der Waals surface area contributed by atoms with Gasteiger partial charge in [0.2, 0.25) is 0 Å². The molecule has 0 fully saturated rings. The van der Waals surface area contributed by atoms with Crippen molar-refractivity contribution in [1.82, 2.24) is 29.6 Å². The Balaban J connectivity index is 1.39. The molecule has 0 aliphatic heterocycles. The van der Waals surface area contributed by atoms with Crippen LogP contribution in [0, 0.1) is 0 Å². The minimum absolute atomic E-state index is 0.0396. The lowest BCUT2D eigenvalue weighted by atomic mass is 9.79. The number of nitrogens with zero attached hydrogens (tertiary/aromatic N) is 6. The summed E-state index contributed by atoms with van der Waals surface area (Å²) in [6.07, 6.45) is 1.11. The second-order valence-electron chi connectivity index (χ2n) is 28.7. The molecule has 94 heavy (non-hydrogen) atoms. The molecule has 0 radical (unpaired) electrons. The van der Waals surface area contributed by atoms with Crippen molar-refractivity contribution < 1.29 is 48.3 Å². The Morgan fingerprint density at radius 1 is 0.330 bits per heavy atom. The molecule has 16 heteroatoms. The lowest BCUT2D eigenvalue weighted by Gasteiger charge is -2.28. The smallest absolute Gasteiger partial charge is 0.272 e. The molecule has 8 bridgehead atoms. The second kappa shape index (κ2) is 30.5. The number of rotatable bonds is 22. The number of phenolic OH excluding ortho intramolecular Hbond substituents is 2. The van der Waals surface area contributed by atoms with Crippen LogP contribution in [0.5, 0.6) is 34.5 Å². The number of benzene rings is 4. The van der Waals surface area contributed by atoms with Gasteiger partial charge in [-0.3, -0.25) is 19.2 Å². The average molecular weight is 1290 g/mol. The van der Waals surface area contributed by atoms with E-state index >= 15 is 0 Å². The highest BCUT2D eigenvalue weighted by Crippen LogP contribution is 2.44. The molecular weight excluding hydrogens is 1180 g/mol. The molecule has 0 spiro atoms. The number of aromatic nitrogens is 2. The molecule has 0 saturated carbocycles. The Morgan fingerprint density at radius 2 is 0.521 bits per heavy atom. The van der Waals surface area contributed by atoms with Crippen molar-refractivity contribution in [1.29, 1.82) is 0 Å². The number of aromatic hydroxyl groups is 2. The molecule has 4 amide bonds. The Kier molecular flexibility index (Phi) is 23.8. The van der Waals surface area contributed by atoms with Crippen molar-refractivity contribution in [3.63, 3.8) is 0 Å². The number of ether oxygens (including phenoxy) is 4. The highest BCUT2D eigenvalue weighted by atomic mass is 16.5. The van der Waals surface area contributed by atoms with Gasteiger partial charge in [-0.05, 0) is 144 Å². The van der Waals surface area contributed by atoms with E-state index in [1.165, 1.54) is 0 Å². The monoisotopic (exact) mass is 1290 g/mol. The molecule has 7 rings (SSSR count). The van der Waals surface area contributed by atoms with Crippen LogP contribution in [0.2, 0.25) is 0 Å². The molecule has 2 aromatic heterocycles. The summed E-state index contributed by atoms with van der Waals surface area (Å²) in [7, 11) is 0. The van der Waals surface area contributed by atoms with E-state index in [-0.39, 0.29) is 132 Å². The molecule has 1 aliphatic carbocycles. The van der Waals surface area contributed by atoms with Crippen LogP contribution >= 0.6 is 0 Å². The third kappa shape index (κ3) is 17.4. The zero-order chi connectivity index (χ0) is 69.4.